The molecule has 2 aromatic rings. The first-order chi connectivity index (χ1) is 12.0. The van der Waals surface area contributed by atoms with Crippen molar-refractivity contribution in [3.63, 3.8) is 0 Å². The minimum Gasteiger partial charge on any atom is -0.369 e. The lowest BCUT2D eigenvalue weighted by Crippen LogP contribution is -2.54. The first kappa shape index (κ1) is 17.4. The molecule has 7 heteroatoms. The monoisotopic (exact) mass is 362 g/mol. The highest BCUT2D eigenvalue weighted by atomic mass is 35.5. The number of ether oxygens (including phenoxy) is 1. The molecule has 2 aromatic carbocycles. The van der Waals surface area contributed by atoms with Gasteiger partial charge >= 0.3 is 0 Å². The van der Waals surface area contributed by atoms with Crippen LogP contribution in [0.3, 0.4) is 0 Å². The Morgan fingerprint density at radius 2 is 2.04 bits per heavy atom. The molecule has 2 amide bonds. The molecule has 1 atom stereocenters. The van der Waals surface area contributed by atoms with Crippen LogP contribution in [0.5, 0.6) is 0 Å². The van der Waals surface area contributed by atoms with Crippen LogP contribution < -0.4 is 5.32 Å². The van der Waals surface area contributed by atoms with Crippen LogP contribution in [-0.4, -0.2) is 36.0 Å². The number of anilines is 1. The van der Waals surface area contributed by atoms with E-state index in [1.165, 1.54) is 23.1 Å². The van der Waals surface area contributed by atoms with Crippen molar-refractivity contribution in [1.82, 2.24) is 4.90 Å². The van der Waals surface area contributed by atoms with E-state index in [-0.39, 0.29) is 24.1 Å². The van der Waals surface area contributed by atoms with Crippen LogP contribution >= 0.6 is 11.6 Å². The molecule has 0 aromatic heterocycles. The van der Waals surface area contributed by atoms with Crippen molar-refractivity contribution in [2.75, 3.05) is 18.5 Å². The number of carbonyl (C=O) groups excluding carboxylic acids is 2. The maximum absolute atomic E-state index is 13.2. The average molecular weight is 363 g/mol. The van der Waals surface area contributed by atoms with Crippen molar-refractivity contribution < 1.29 is 18.7 Å². The number of rotatable bonds is 4. The number of morpholine rings is 1. The van der Waals surface area contributed by atoms with Gasteiger partial charge in [0.2, 0.25) is 11.8 Å². The first-order valence-corrected chi connectivity index (χ1v) is 8.09. The summed E-state index contributed by atoms with van der Waals surface area (Å²) in [5, 5.41) is 2.56. The predicted molar refractivity (Wildman–Crippen MR) is 91.6 cm³/mol. The van der Waals surface area contributed by atoms with Crippen molar-refractivity contribution >= 4 is 29.1 Å². The standard InChI is InChI=1S/C18H16ClFN2O3/c19-14-8-13(6-7-15(14)20)21-18(24)16-10-25-11-17(23)22(16)9-12-4-2-1-3-5-12/h1-8,16H,9-11H2,(H,21,24)/t16-/m0/s1. The van der Waals surface area contributed by atoms with Gasteiger partial charge in [0.05, 0.1) is 11.6 Å². The SMILES string of the molecule is O=C(Nc1ccc(F)c(Cl)c1)[C@@H]1COCC(=O)N1Cc1ccccc1. The lowest BCUT2D eigenvalue weighted by Gasteiger charge is -2.34. The minimum absolute atomic E-state index is 0.0566. The summed E-state index contributed by atoms with van der Waals surface area (Å²) >= 11 is 5.73. The summed E-state index contributed by atoms with van der Waals surface area (Å²) < 4.78 is 18.5. The summed E-state index contributed by atoms with van der Waals surface area (Å²) in [4.78, 5) is 26.3. The lowest BCUT2D eigenvalue weighted by molar-refractivity contribution is -0.154. The Labute approximate surface area is 149 Å². The molecule has 1 fully saturated rings. The lowest BCUT2D eigenvalue weighted by atomic mass is 10.1. The summed E-state index contributed by atoms with van der Waals surface area (Å²) in [5.74, 6) is -1.24. The fraction of sp³-hybridized carbons (Fsp3) is 0.222. The van der Waals surface area contributed by atoms with E-state index < -0.39 is 17.8 Å². The number of nitrogens with one attached hydrogen (secondary N) is 1. The fourth-order valence-electron chi connectivity index (χ4n) is 2.60. The highest BCUT2D eigenvalue weighted by Crippen LogP contribution is 2.21. The Hall–Kier alpha value is -2.44. The van der Waals surface area contributed by atoms with Crippen LogP contribution in [0.15, 0.2) is 48.5 Å². The van der Waals surface area contributed by atoms with Crippen LogP contribution in [0.4, 0.5) is 10.1 Å². The predicted octanol–water partition coefficient (Wildman–Crippen LogP) is 2.85. The number of carbonyl (C=O) groups is 2. The zero-order chi connectivity index (χ0) is 17.8. The van der Waals surface area contributed by atoms with E-state index >= 15 is 0 Å². The second-order valence-corrected chi connectivity index (χ2v) is 6.06. The molecule has 130 valence electrons. The quantitative estimate of drug-likeness (QED) is 0.909. The molecule has 5 nitrogen and oxygen atoms in total. The summed E-state index contributed by atoms with van der Waals surface area (Å²) in [6.07, 6.45) is 0. The molecule has 0 bridgehead atoms. The molecular formula is C18H16ClFN2O3. The smallest absolute Gasteiger partial charge is 0.249 e. The van der Waals surface area contributed by atoms with E-state index in [0.29, 0.717) is 12.2 Å². The van der Waals surface area contributed by atoms with Crippen molar-refractivity contribution in [2.45, 2.75) is 12.6 Å². The molecule has 1 N–H and O–H groups in total. The van der Waals surface area contributed by atoms with Crippen molar-refractivity contribution in [1.29, 1.82) is 0 Å². The van der Waals surface area contributed by atoms with Gasteiger partial charge in [-0.2, -0.15) is 0 Å². The third-order valence-electron chi connectivity index (χ3n) is 3.88. The summed E-state index contributed by atoms with van der Waals surface area (Å²) in [6, 6.07) is 12.5. The normalized spacial score (nSPS) is 17.4. The molecule has 1 heterocycles. The van der Waals surface area contributed by atoms with Crippen LogP contribution in [-0.2, 0) is 20.9 Å². The second kappa shape index (κ2) is 7.63. The van der Waals surface area contributed by atoms with Gasteiger partial charge in [-0.1, -0.05) is 41.9 Å². The van der Waals surface area contributed by atoms with E-state index in [1.807, 2.05) is 30.3 Å². The molecule has 0 radical (unpaired) electrons. The van der Waals surface area contributed by atoms with E-state index in [2.05, 4.69) is 5.32 Å². The molecule has 0 saturated carbocycles. The third-order valence-corrected chi connectivity index (χ3v) is 4.17. The van der Waals surface area contributed by atoms with Gasteiger partial charge in [-0.15, -0.1) is 0 Å². The van der Waals surface area contributed by atoms with Gasteiger partial charge in [-0.3, -0.25) is 9.59 Å². The van der Waals surface area contributed by atoms with Gasteiger partial charge in [-0.05, 0) is 23.8 Å². The number of hydrogen-bond donors (Lipinski definition) is 1. The second-order valence-electron chi connectivity index (χ2n) is 5.66. The molecular weight excluding hydrogens is 347 g/mol. The molecule has 3 rings (SSSR count). The maximum Gasteiger partial charge on any atom is 0.249 e. The van der Waals surface area contributed by atoms with Gasteiger partial charge in [0.1, 0.15) is 18.5 Å². The molecule has 1 saturated heterocycles. The molecule has 0 aliphatic carbocycles. The van der Waals surface area contributed by atoms with E-state index in [1.54, 1.807) is 0 Å². The molecule has 1 aliphatic heterocycles. The van der Waals surface area contributed by atoms with Crippen molar-refractivity contribution in [2.24, 2.45) is 0 Å². The zero-order valence-electron chi connectivity index (χ0n) is 13.2. The third kappa shape index (κ3) is 4.15. The van der Waals surface area contributed by atoms with Crippen LogP contribution in [0.25, 0.3) is 0 Å². The van der Waals surface area contributed by atoms with E-state index in [0.717, 1.165) is 5.56 Å². The van der Waals surface area contributed by atoms with Crippen molar-refractivity contribution in [3.05, 3.63) is 64.9 Å². The fourth-order valence-corrected chi connectivity index (χ4v) is 2.78. The Morgan fingerprint density at radius 1 is 1.28 bits per heavy atom. The van der Waals surface area contributed by atoms with Crippen molar-refractivity contribution in [3.8, 4) is 0 Å². The zero-order valence-corrected chi connectivity index (χ0v) is 14.0. The van der Waals surface area contributed by atoms with Gasteiger partial charge < -0.3 is 15.0 Å². The van der Waals surface area contributed by atoms with Crippen LogP contribution in [0, 0.1) is 5.82 Å². The maximum atomic E-state index is 13.2. The largest absolute Gasteiger partial charge is 0.369 e. The first-order valence-electron chi connectivity index (χ1n) is 7.71. The Balaban J connectivity index is 1.76. The van der Waals surface area contributed by atoms with Gasteiger partial charge in [0, 0.05) is 12.2 Å². The average Bonchev–Trinajstić information content (AvgIpc) is 2.61. The highest BCUT2D eigenvalue weighted by Gasteiger charge is 2.34. The van der Waals surface area contributed by atoms with Gasteiger partial charge in [0.25, 0.3) is 0 Å². The molecule has 0 unspecified atom stereocenters. The summed E-state index contributed by atoms with van der Waals surface area (Å²) in [5.41, 5.74) is 1.27. The van der Waals surface area contributed by atoms with E-state index in [4.69, 9.17) is 16.3 Å². The van der Waals surface area contributed by atoms with E-state index in [9.17, 15) is 14.0 Å². The van der Waals surface area contributed by atoms with Gasteiger partial charge in [-0.25, -0.2) is 4.39 Å². The Morgan fingerprint density at radius 3 is 2.76 bits per heavy atom. The number of benzene rings is 2. The number of amides is 2. The molecule has 1 aliphatic rings. The topological polar surface area (TPSA) is 58.6 Å². The molecule has 25 heavy (non-hydrogen) atoms. The number of hydrogen-bond acceptors (Lipinski definition) is 3. The molecule has 0 spiro atoms. The Kier molecular flexibility index (Phi) is 5.31. The minimum atomic E-state index is -0.773. The highest BCUT2D eigenvalue weighted by molar-refractivity contribution is 6.31. The van der Waals surface area contributed by atoms with Crippen LogP contribution in [0.2, 0.25) is 5.02 Å². The van der Waals surface area contributed by atoms with Gasteiger partial charge in [0.15, 0.2) is 0 Å². The number of nitrogens with zero attached hydrogens (tertiary/aromatic N) is 1. The summed E-state index contributed by atoms with van der Waals surface area (Å²) in [6.45, 7) is 0.351. The summed E-state index contributed by atoms with van der Waals surface area (Å²) in [7, 11) is 0. The van der Waals surface area contributed by atoms with Crippen LogP contribution in [0.1, 0.15) is 5.56 Å². The number of halogens is 2. The Bertz CT molecular complexity index is 785.